The van der Waals surface area contributed by atoms with Gasteiger partial charge in [-0.1, -0.05) is 30.3 Å². The van der Waals surface area contributed by atoms with Crippen LogP contribution >= 0.6 is 0 Å². The quantitative estimate of drug-likeness (QED) is 0.414. The van der Waals surface area contributed by atoms with Gasteiger partial charge in [-0.3, -0.25) is 4.40 Å². The average molecular weight is 489 g/mol. The van der Waals surface area contributed by atoms with Gasteiger partial charge in [0.05, 0.1) is 18.1 Å². The highest BCUT2D eigenvalue weighted by molar-refractivity contribution is 5.69. The molecule has 186 valence electrons. The summed E-state index contributed by atoms with van der Waals surface area (Å²) in [6.45, 7) is 6.70. The van der Waals surface area contributed by atoms with Crippen LogP contribution in [-0.4, -0.2) is 55.1 Å². The summed E-state index contributed by atoms with van der Waals surface area (Å²) in [5.41, 5.74) is 2.95. The fourth-order valence-corrected chi connectivity index (χ4v) is 4.29. The molecule has 9 heteroatoms. The first-order valence-electron chi connectivity index (χ1n) is 12.1. The molecule has 1 saturated heterocycles. The maximum Gasteiger partial charge on any atom is 0.410 e. The Morgan fingerprint density at radius 2 is 1.78 bits per heavy atom. The van der Waals surface area contributed by atoms with Crippen molar-refractivity contribution in [1.82, 2.24) is 24.3 Å². The van der Waals surface area contributed by atoms with Gasteiger partial charge < -0.3 is 15.0 Å². The van der Waals surface area contributed by atoms with Gasteiger partial charge in [-0.05, 0) is 56.9 Å². The average Bonchev–Trinajstić information content (AvgIpc) is 3.28. The largest absolute Gasteiger partial charge is 0.444 e. The van der Waals surface area contributed by atoms with Gasteiger partial charge in [0, 0.05) is 25.3 Å². The number of likely N-dealkylation sites (tertiary alicyclic amines) is 1. The van der Waals surface area contributed by atoms with E-state index in [0.717, 1.165) is 11.1 Å². The summed E-state index contributed by atoms with van der Waals surface area (Å²) in [4.78, 5) is 27.1. The van der Waals surface area contributed by atoms with Gasteiger partial charge in [0.1, 0.15) is 16.9 Å². The van der Waals surface area contributed by atoms with Crippen molar-refractivity contribution >= 4 is 17.7 Å². The second-order valence-corrected chi connectivity index (χ2v) is 9.93. The summed E-state index contributed by atoms with van der Waals surface area (Å²) in [6.07, 6.45) is 5.87. The number of benzene rings is 1. The van der Waals surface area contributed by atoms with Gasteiger partial charge in [0.15, 0.2) is 5.82 Å². The van der Waals surface area contributed by atoms with E-state index >= 15 is 0 Å². The first-order valence-corrected chi connectivity index (χ1v) is 12.1. The summed E-state index contributed by atoms with van der Waals surface area (Å²) in [5, 5.41) is 3.31. The molecule has 8 nitrogen and oxygen atoms in total. The lowest BCUT2D eigenvalue weighted by Crippen LogP contribution is -2.44. The molecule has 5 rings (SSSR count). The second kappa shape index (κ2) is 9.56. The third-order valence-electron chi connectivity index (χ3n) is 6.08. The number of rotatable bonds is 4. The number of imidazole rings is 1. The van der Waals surface area contributed by atoms with Crippen LogP contribution in [0.15, 0.2) is 61.1 Å². The molecule has 0 saturated carbocycles. The van der Waals surface area contributed by atoms with Crippen molar-refractivity contribution in [2.45, 2.75) is 45.3 Å². The maximum absolute atomic E-state index is 14.9. The van der Waals surface area contributed by atoms with Gasteiger partial charge in [0.25, 0.3) is 0 Å². The van der Waals surface area contributed by atoms with Crippen LogP contribution in [0.5, 0.6) is 0 Å². The van der Waals surface area contributed by atoms with Crippen LogP contribution in [-0.2, 0) is 4.74 Å². The lowest BCUT2D eigenvalue weighted by Gasteiger charge is -2.33. The van der Waals surface area contributed by atoms with Gasteiger partial charge in [-0.2, -0.15) is 0 Å². The minimum atomic E-state index is -0.524. The number of halogens is 1. The molecule has 0 atom stereocenters. The Balaban J connectivity index is 1.33. The van der Waals surface area contributed by atoms with Crippen LogP contribution in [0.1, 0.15) is 33.6 Å². The number of hydrogen-bond acceptors (Lipinski definition) is 6. The minimum Gasteiger partial charge on any atom is -0.444 e. The van der Waals surface area contributed by atoms with Crippen molar-refractivity contribution in [3.63, 3.8) is 0 Å². The SMILES string of the molecule is CC(C)(C)OC(=O)N1CCC(Nc2ncc(F)c(-c3cnc4ccc(-c5ccccc5)cn34)n2)CC1. The van der Waals surface area contributed by atoms with Crippen molar-refractivity contribution < 1.29 is 13.9 Å². The molecule has 1 aromatic carbocycles. The zero-order valence-corrected chi connectivity index (χ0v) is 20.6. The van der Waals surface area contributed by atoms with Crippen molar-refractivity contribution in [2.75, 3.05) is 18.4 Å². The number of ether oxygens (including phenoxy) is 1. The van der Waals surface area contributed by atoms with E-state index in [1.54, 1.807) is 11.1 Å². The summed E-state index contributed by atoms with van der Waals surface area (Å²) in [5.74, 6) is -0.177. The zero-order chi connectivity index (χ0) is 25.3. The Bertz CT molecular complexity index is 1370. The maximum atomic E-state index is 14.9. The van der Waals surface area contributed by atoms with Crippen molar-refractivity contribution in [3.05, 3.63) is 66.9 Å². The minimum absolute atomic E-state index is 0.0638. The highest BCUT2D eigenvalue weighted by Gasteiger charge is 2.27. The molecule has 1 fully saturated rings. The molecule has 0 aliphatic carbocycles. The third-order valence-corrected chi connectivity index (χ3v) is 6.08. The fourth-order valence-electron chi connectivity index (χ4n) is 4.29. The Morgan fingerprint density at radius 3 is 2.50 bits per heavy atom. The molecule has 0 bridgehead atoms. The molecule has 0 unspecified atom stereocenters. The molecule has 1 amide bonds. The Morgan fingerprint density at radius 1 is 1.03 bits per heavy atom. The monoisotopic (exact) mass is 488 g/mol. The van der Waals surface area contributed by atoms with E-state index in [1.165, 1.54) is 6.20 Å². The lowest BCUT2D eigenvalue weighted by molar-refractivity contribution is 0.0210. The number of pyridine rings is 1. The third kappa shape index (κ3) is 5.15. The standard InChI is InChI=1S/C27H29FN6O2/c1-27(2,3)36-26(35)33-13-11-20(12-14-33)31-25-30-15-21(28)24(32-25)22-16-29-23-10-9-19(17-34(22)23)18-7-5-4-6-8-18/h4-10,15-17,20H,11-14H2,1-3H3,(H,30,31,32). The zero-order valence-electron chi connectivity index (χ0n) is 20.6. The highest BCUT2D eigenvalue weighted by Crippen LogP contribution is 2.27. The van der Waals surface area contributed by atoms with Gasteiger partial charge in [-0.15, -0.1) is 0 Å². The topological polar surface area (TPSA) is 84.6 Å². The number of anilines is 1. The normalized spacial score (nSPS) is 14.7. The number of nitrogens with one attached hydrogen (secondary N) is 1. The number of fused-ring (bicyclic) bond motifs is 1. The van der Waals surface area contributed by atoms with E-state index in [4.69, 9.17) is 4.74 Å². The molecule has 0 spiro atoms. The van der Waals surface area contributed by atoms with E-state index < -0.39 is 11.4 Å². The number of hydrogen-bond donors (Lipinski definition) is 1. The van der Waals surface area contributed by atoms with E-state index in [9.17, 15) is 9.18 Å². The Labute approximate surface area is 209 Å². The second-order valence-electron chi connectivity index (χ2n) is 9.93. The summed E-state index contributed by atoms with van der Waals surface area (Å²) in [6, 6.07) is 13.9. The summed E-state index contributed by atoms with van der Waals surface area (Å²) in [7, 11) is 0. The van der Waals surface area contributed by atoms with E-state index in [-0.39, 0.29) is 17.8 Å². The number of piperidine rings is 1. The smallest absolute Gasteiger partial charge is 0.410 e. The fraction of sp³-hybridized carbons (Fsp3) is 0.333. The van der Waals surface area contributed by atoms with Crippen molar-refractivity contribution in [2.24, 2.45) is 0 Å². The molecule has 4 heterocycles. The molecule has 0 radical (unpaired) electrons. The van der Waals surface area contributed by atoms with Gasteiger partial charge >= 0.3 is 6.09 Å². The Hall–Kier alpha value is -4.01. The lowest BCUT2D eigenvalue weighted by atomic mass is 10.1. The van der Waals surface area contributed by atoms with Crippen molar-refractivity contribution in [3.8, 4) is 22.5 Å². The Kier molecular flexibility index (Phi) is 6.30. The number of carbonyl (C=O) groups is 1. The number of aromatic nitrogens is 4. The number of carbonyl (C=O) groups excluding carboxylic acids is 1. The number of amides is 1. The van der Waals surface area contributed by atoms with E-state index in [0.29, 0.717) is 43.2 Å². The molecule has 4 aromatic rings. The van der Waals surface area contributed by atoms with E-state index in [2.05, 4.69) is 20.3 Å². The van der Waals surface area contributed by atoms with Crippen LogP contribution in [0.2, 0.25) is 0 Å². The molecule has 1 aliphatic heterocycles. The van der Waals surface area contributed by atoms with Crippen LogP contribution in [0.4, 0.5) is 15.1 Å². The summed E-state index contributed by atoms with van der Waals surface area (Å²) < 4.78 is 22.2. The predicted octanol–water partition coefficient (Wildman–Crippen LogP) is 5.41. The molecule has 3 aromatic heterocycles. The van der Waals surface area contributed by atoms with Crippen LogP contribution in [0.25, 0.3) is 28.2 Å². The molecule has 1 N–H and O–H groups in total. The van der Waals surface area contributed by atoms with Crippen LogP contribution in [0, 0.1) is 5.82 Å². The predicted molar refractivity (Wildman–Crippen MR) is 136 cm³/mol. The van der Waals surface area contributed by atoms with Gasteiger partial charge in [-0.25, -0.2) is 24.1 Å². The van der Waals surface area contributed by atoms with Crippen LogP contribution in [0.3, 0.4) is 0 Å². The van der Waals surface area contributed by atoms with Crippen LogP contribution < -0.4 is 5.32 Å². The molecular weight excluding hydrogens is 459 g/mol. The van der Waals surface area contributed by atoms with Gasteiger partial charge in [0.2, 0.25) is 5.95 Å². The number of nitrogens with zero attached hydrogens (tertiary/aromatic N) is 5. The molecule has 1 aliphatic rings. The highest BCUT2D eigenvalue weighted by atomic mass is 19.1. The first kappa shape index (κ1) is 23.7. The molecular formula is C27H29FN6O2. The summed E-state index contributed by atoms with van der Waals surface area (Å²) >= 11 is 0. The van der Waals surface area contributed by atoms with E-state index in [1.807, 2.05) is 73.8 Å². The first-order chi connectivity index (χ1) is 17.3. The molecule has 36 heavy (non-hydrogen) atoms. The van der Waals surface area contributed by atoms with Crippen molar-refractivity contribution in [1.29, 1.82) is 0 Å².